The van der Waals surface area contributed by atoms with Gasteiger partial charge in [0.05, 0.1) is 29.5 Å². The van der Waals surface area contributed by atoms with E-state index in [0.717, 1.165) is 45.3 Å². The van der Waals surface area contributed by atoms with Crippen LogP contribution in [0.15, 0.2) is 0 Å². The molecule has 0 bridgehead atoms. The zero-order valence-electron chi connectivity index (χ0n) is 22.3. The number of ether oxygens (including phenoxy) is 1. The zero-order valence-corrected chi connectivity index (χ0v) is 24.8. The van der Waals surface area contributed by atoms with Crippen molar-refractivity contribution in [3.8, 4) is 0 Å². The molecule has 0 spiro atoms. The van der Waals surface area contributed by atoms with Gasteiger partial charge in [-0.2, -0.15) is 4.31 Å². The summed E-state index contributed by atoms with van der Waals surface area (Å²) < 4.78 is 78.7. The molecule has 0 aromatic rings. The second kappa shape index (κ2) is 14.6. The van der Waals surface area contributed by atoms with E-state index in [0.29, 0.717) is 44.5 Å². The average molecular weight is 562 g/mol. The minimum Gasteiger partial charge on any atom is -0.379 e. The van der Waals surface area contributed by atoms with Crippen LogP contribution in [0.2, 0.25) is 0 Å². The van der Waals surface area contributed by atoms with Crippen LogP contribution in [0.4, 0.5) is 0 Å². The third-order valence-corrected chi connectivity index (χ3v) is 12.4. The SMILES string of the molecule is CC(C)CN1CCCCS1(=O)=O.CC(C)S(=O)(=O)N1CCCC1.CC(C)S(=O)(=O)N1CCOCC1. The lowest BCUT2D eigenvalue weighted by Crippen LogP contribution is -2.43. The van der Waals surface area contributed by atoms with Crippen molar-refractivity contribution in [3.63, 3.8) is 0 Å². The minimum atomic E-state index is -3.05. The Labute approximate surface area is 214 Å². The Morgan fingerprint density at radius 3 is 1.51 bits per heavy atom. The molecule has 0 aliphatic carbocycles. The predicted molar refractivity (Wildman–Crippen MR) is 141 cm³/mol. The van der Waals surface area contributed by atoms with Crippen LogP contribution in [0.5, 0.6) is 0 Å². The second-order valence-electron chi connectivity index (χ2n) is 10.1. The van der Waals surface area contributed by atoms with Gasteiger partial charge in [0, 0.05) is 39.3 Å². The fourth-order valence-electron chi connectivity index (χ4n) is 3.79. The van der Waals surface area contributed by atoms with E-state index in [-0.39, 0.29) is 10.5 Å². The Morgan fingerprint density at radius 2 is 1.11 bits per heavy atom. The lowest BCUT2D eigenvalue weighted by Gasteiger charge is -2.27. The predicted octanol–water partition coefficient (Wildman–Crippen LogP) is 1.95. The van der Waals surface area contributed by atoms with Crippen molar-refractivity contribution in [1.29, 1.82) is 0 Å². The number of hydrogen-bond donors (Lipinski definition) is 0. The molecule has 0 aromatic carbocycles. The van der Waals surface area contributed by atoms with E-state index in [9.17, 15) is 25.3 Å². The van der Waals surface area contributed by atoms with E-state index in [1.165, 1.54) is 4.31 Å². The summed E-state index contributed by atoms with van der Waals surface area (Å²) >= 11 is 0. The first kappa shape index (κ1) is 32.7. The van der Waals surface area contributed by atoms with Gasteiger partial charge in [-0.25, -0.2) is 33.9 Å². The number of morpholine rings is 1. The van der Waals surface area contributed by atoms with Crippen molar-refractivity contribution in [3.05, 3.63) is 0 Å². The number of hydrogen-bond acceptors (Lipinski definition) is 7. The molecular formula is C22H47N3O7S3. The van der Waals surface area contributed by atoms with Crippen LogP contribution in [-0.2, 0) is 34.8 Å². The lowest BCUT2D eigenvalue weighted by atomic mass is 10.2. The first-order chi connectivity index (χ1) is 16.1. The Morgan fingerprint density at radius 1 is 0.686 bits per heavy atom. The zero-order chi connectivity index (χ0) is 26.9. The fraction of sp³-hybridized carbons (Fsp3) is 1.00. The van der Waals surface area contributed by atoms with E-state index in [1.54, 1.807) is 36.3 Å². The molecule has 3 saturated heterocycles. The molecule has 3 rings (SSSR count). The van der Waals surface area contributed by atoms with Gasteiger partial charge >= 0.3 is 0 Å². The van der Waals surface area contributed by atoms with Crippen LogP contribution in [0.3, 0.4) is 0 Å². The lowest BCUT2D eigenvalue weighted by molar-refractivity contribution is 0.0727. The summed E-state index contributed by atoms with van der Waals surface area (Å²) in [6.45, 7) is 15.8. The van der Waals surface area contributed by atoms with E-state index in [4.69, 9.17) is 4.74 Å². The fourth-order valence-corrected chi connectivity index (χ4v) is 8.17. The second-order valence-corrected chi connectivity index (χ2v) is 17.1. The molecule has 3 aliphatic rings. The highest BCUT2D eigenvalue weighted by Gasteiger charge is 2.28. The van der Waals surface area contributed by atoms with Crippen molar-refractivity contribution < 1.29 is 30.0 Å². The molecule has 0 unspecified atom stereocenters. The monoisotopic (exact) mass is 561 g/mol. The highest BCUT2D eigenvalue weighted by atomic mass is 32.2. The molecule has 3 fully saturated rings. The maximum atomic E-state index is 11.6. The molecule has 13 heteroatoms. The molecule has 3 heterocycles. The molecule has 3 aliphatic heterocycles. The molecule has 0 N–H and O–H groups in total. The summed E-state index contributed by atoms with van der Waals surface area (Å²) in [5.74, 6) is 0.776. The summed E-state index contributed by atoms with van der Waals surface area (Å²) in [5.41, 5.74) is 0. The molecular weight excluding hydrogens is 514 g/mol. The Hall–Kier alpha value is -0.310. The van der Waals surface area contributed by atoms with Gasteiger partial charge in [0.1, 0.15) is 0 Å². The normalized spacial score (nSPS) is 22.5. The van der Waals surface area contributed by atoms with Gasteiger partial charge in [-0.3, -0.25) is 0 Å². The van der Waals surface area contributed by atoms with Crippen molar-refractivity contribution in [2.24, 2.45) is 5.92 Å². The smallest absolute Gasteiger partial charge is 0.216 e. The third kappa shape index (κ3) is 10.5. The van der Waals surface area contributed by atoms with Gasteiger partial charge < -0.3 is 4.74 Å². The third-order valence-electron chi connectivity index (χ3n) is 5.97. The highest BCUT2D eigenvalue weighted by Crippen LogP contribution is 2.16. The van der Waals surface area contributed by atoms with Crippen molar-refractivity contribution in [2.45, 2.75) is 77.7 Å². The minimum absolute atomic E-state index is 0.263. The van der Waals surface area contributed by atoms with Crippen LogP contribution < -0.4 is 0 Å². The quantitative estimate of drug-likeness (QED) is 0.486. The van der Waals surface area contributed by atoms with E-state index in [1.807, 2.05) is 13.8 Å². The molecule has 35 heavy (non-hydrogen) atoms. The van der Waals surface area contributed by atoms with Gasteiger partial charge in [-0.1, -0.05) is 13.8 Å². The maximum Gasteiger partial charge on any atom is 0.216 e. The molecule has 0 amide bonds. The maximum absolute atomic E-state index is 11.6. The van der Waals surface area contributed by atoms with Crippen LogP contribution >= 0.6 is 0 Å². The van der Waals surface area contributed by atoms with E-state index in [2.05, 4.69) is 0 Å². The van der Waals surface area contributed by atoms with E-state index < -0.39 is 30.1 Å². The first-order valence-corrected chi connectivity index (χ1v) is 17.3. The molecule has 0 saturated carbocycles. The van der Waals surface area contributed by atoms with Gasteiger partial charge in [-0.15, -0.1) is 0 Å². The standard InChI is InChI=1S/C8H17NO2S.C7H15NO3S.C7H15NO2S/c1-8(2)7-9-5-3-4-6-12(9,10)11;1-7(2)12(9,10)8-3-5-11-6-4-8;1-7(2)11(9,10)8-5-3-4-6-8/h8H,3-7H2,1-2H3;7H,3-6H2,1-2H3;7H,3-6H2,1-2H3. The van der Waals surface area contributed by atoms with Gasteiger partial charge in [0.15, 0.2) is 0 Å². The number of rotatable bonds is 6. The van der Waals surface area contributed by atoms with E-state index >= 15 is 0 Å². The number of nitrogens with zero attached hydrogens (tertiary/aromatic N) is 3. The summed E-state index contributed by atoms with van der Waals surface area (Å²) in [6, 6.07) is 0. The van der Waals surface area contributed by atoms with Crippen molar-refractivity contribution in [1.82, 2.24) is 12.9 Å². The molecule has 0 aromatic heterocycles. The Kier molecular flexibility index (Phi) is 13.6. The summed E-state index contributed by atoms with van der Waals surface area (Å²) in [6.07, 6.45) is 3.89. The van der Waals surface area contributed by atoms with Crippen molar-refractivity contribution in [2.75, 3.05) is 58.2 Å². The van der Waals surface area contributed by atoms with Gasteiger partial charge in [-0.05, 0) is 59.3 Å². The first-order valence-electron chi connectivity index (χ1n) is 12.7. The van der Waals surface area contributed by atoms with Gasteiger partial charge in [0.25, 0.3) is 0 Å². The molecule has 10 nitrogen and oxygen atoms in total. The van der Waals surface area contributed by atoms with Gasteiger partial charge in [0.2, 0.25) is 30.1 Å². The van der Waals surface area contributed by atoms with Crippen LogP contribution in [0, 0.1) is 5.92 Å². The average Bonchev–Trinajstić information content (AvgIpc) is 3.32. The molecule has 210 valence electrons. The topological polar surface area (TPSA) is 121 Å². The Balaban J connectivity index is 0.000000263. The summed E-state index contributed by atoms with van der Waals surface area (Å²) in [4.78, 5) is 0. The largest absolute Gasteiger partial charge is 0.379 e. The van der Waals surface area contributed by atoms with Crippen LogP contribution in [0.1, 0.15) is 67.2 Å². The van der Waals surface area contributed by atoms with Crippen molar-refractivity contribution >= 4 is 30.1 Å². The Bertz CT molecular complexity index is 919. The van der Waals surface area contributed by atoms with Crippen LogP contribution in [0.25, 0.3) is 0 Å². The summed E-state index contributed by atoms with van der Waals surface area (Å²) in [7, 11) is -8.88. The molecule has 0 radical (unpaired) electrons. The molecule has 0 atom stereocenters. The summed E-state index contributed by atoms with van der Waals surface area (Å²) in [5, 5.41) is -0.587. The highest BCUT2D eigenvalue weighted by molar-refractivity contribution is 7.90. The number of sulfonamides is 3. The van der Waals surface area contributed by atoms with Crippen LogP contribution in [-0.4, -0.2) is 107 Å².